The molecule has 0 spiro atoms. The molecule has 2 aromatic carbocycles. The molecule has 3 rings (SSSR count). The predicted octanol–water partition coefficient (Wildman–Crippen LogP) is 4.96. The van der Waals surface area contributed by atoms with Gasteiger partial charge in [-0.25, -0.2) is 0 Å². The molecule has 1 unspecified atom stereocenters. The maximum Gasteiger partial charge on any atom is 0.169 e. The molecule has 0 aromatic heterocycles. The fourth-order valence-electron chi connectivity index (χ4n) is 2.93. The average Bonchev–Trinajstić information content (AvgIpc) is 3.11. The van der Waals surface area contributed by atoms with Crippen molar-refractivity contribution in [2.24, 2.45) is 5.92 Å². The van der Waals surface area contributed by atoms with Gasteiger partial charge in [0.05, 0.1) is 11.6 Å². The molecule has 0 bridgehead atoms. The van der Waals surface area contributed by atoms with Gasteiger partial charge < -0.3 is 0 Å². The van der Waals surface area contributed by atoms with Gasteiger partial charge in [-0.05, 0) is 54.5 Å². The number of rotatable bonds is 4. The third kappa shape index (κ3) is 3.38. The molecule has 0 radical (unpaired) electrons. The summed E-state index contributed by atoms with van der Waals surface area (Å²) in [5, 5.41) is 8.97. The highest BCUT2D eigenvalue weighted by Gasteiger charge is 2.24. The van der Waals surface area contributed by atoms with Crippen molar-refractivity contribution in [1.29, 1.82) is 5.26 Å². The summed E-state index contributed by atoms with van der Waals surface area (Å²) in [6.07, 6.45) is 5.92. The zero-order valence-electron chi connectivity index (χ0n) is 13.0. The number of ketones is 1. The lowest BCUT2D eigenvalue weighted by Crippen LogP contribution is -2.10. The topological polar surface area (TPSA) is 40.9 Å². The van der Waals surface area contributed by atoms with Gasteiger partial charge in [0, 0.05) is 16.4 Å². The minimum absolute atomic E-state index is 0.0841. The van der Waals surface area contributed by atoms with Crippen LogP contribution in [0.4, 0.5) is 0 Å². The number of benzene rings is 2. The van der Waals surface area contributed by atoms with E-state index in [1.165, 1.54) is 16.0 Å². The van der Waals surface area contributed by atoms with E-state index in [0.717, 1.165) is 12.8 Å². The van der Waals surface area contributed by atoms with Gasteiger partial charge in [0.1, 0.15) is 0 Å². The Morgan fingerprint density at radius 2 is 2.00 bits per heavy atom. The lowest BCUT2D eigenvalue weighted by atomic mass is 9.96. The Morgan fingerprint density at radius 3 is 2.70 bits per heavy atom. The van der Waals surface area contributed by atoms with Crippen LogP contribution in [0.3, 0.4) is 0 Å². The first kappa shape index (κ1) is 15.6. The molecule has 2 nitrogen and oxygen atoms in total. The number of carbonyl (C=O) groups excluding carboxylic acids is 1. The van der Waals surface area contributed by atoms with Gasteiger partial charge in [0.25, 0.3) is 0 Å². The van der Waals surface area contributed by atoms with Gasteiger partial charge in [-0.2, -0.15) is 5.26 Å². The molecule has 0 N–H and O–H groups in total. The minimum Gasteiger partial charge on any atom is -0.294 e. The Bertz CT molecular complexity index is 799. The number of hydrogen-bond donors (Lipinski definition) is 0. The Hall–Kier alpha value is -2.31. The number of nitriles is 1. The summed E-state index contributed by atoms with van der Waals surface area (Å²) in [6, 6.07) is 17.5. The third-order valence-corrected chi connectivity index (χ3v) is 4.94. The van der Waals surface area contributed by atoms with Crippen LogP contribution in [0.15, 0.2) is 59.5 Å². The zero-order chi connectivity index (χ0) is 16.2. The van der Waals surface area contributed by atoms with Crippen LogP contribution in [0.2, 0.25) is 0 Å². The molecular formula is C20H17NOS. The van der Waals surface area contributed by atoms with E-state index in [2.05, 4.69) is 42.7 Å². The Morgan fingerprint density at radius 1 is 1.22 bits per heavy atom. The van der Waals surface area contributed by atoms with Crippen molar-refractivity contribution in [3.05, 3.63) is 71.3 Å². The summed E-state index contributed by atoms with van der Waals surface area (Å²) in [6.45, 7) is 0. The van der Waals surface area contributed by atoms with Crippen LogP contribution in [0, 0.1) is 17.2 Å². The largest absolute Gasteiger partial charge is 0.294 e. The van der Waals surface area contributed by atoms with Gasteiger partial charge >= 0.3 is 0 Å². The van der Waals surface area contributed by atoms with Crippen LogP contribution in [0.1, 0.15) is 34.3 Å². The van der Waals surface area contributed by atoms with E-state index in [1.54, 1.807) is 36.0 Å². The number of hydrogen-bond acceptors (Lipinski definition) is 3. The molecule has 1 aliphatic carbocycles. The summed E-state index contributed by atoms with van der Waals surface area (Å²) in [5.74, 6) is 0.0250. The quantitative estimate of drug-likeness (QED) is 0.591. The van der Waals surface area contributed by atoms with Crippen molar-refractivity contribution >= 4 is 23.1 Å². The molecule has 0 amide bonds. The Balaban J connectivity index is 1.80. The summed E-state index contributed by atoms with van der Waals surface area (Å²) < 4.78 is 0. The van der Waals surface area contributed by atoms with Gasteiger partial charge in [-0.3, -0.25) is 4.79 Å². The van der Waals surface area contributed by atoms with Crippen molar-refractivity contribution in [3.63, 3.8) is 0 Å². The van der Waals surface area contributed by atoms with Crippen molar-refractivity contribution in [2.45, 2.75) is 17.7 Å². The van der Waals surface area contributed by atoms with Crippen LogP contribution in [-0.2, 0) is 0 Å². The van der Waals surface area contributed by atoms with E-state index < -0.39 is 0 Å². The standard InChI is InChI=1S/C20H17NOS/c1-23-19-9-7-15(8-10-19)16-5-6-18(12-16)20(22)17-4-2-3-14(11-17)13-21/h2-4,7-12,18H,5-6H2,1H3. The van der Waals surface area contributed by atoms with Crippen molar-refractivity contribution in [3.8, 4) is 6.07 Å². The van der Waals surface area contributed by atoms with Gasteiger partial charge in [0.15, 0.2) is 5.78 Å². The fraction of sp³-hybridized carbons (Fsp3) is 0.200. The molecule has 0 heterocycles. The van der Waals surface area contributed by atoms with E-state index in [9.17, 15) is 4.79 Å². The highest BCUT2D eigenvalue weighted by atomic mass is 32.2. The number of nitrogens with zero attached hydrogens (tertiary/aromatic N) is 1. The molecule has 0 saturated heterocycles. The monoisotopic (exact) mass is 319 g/mol. The molecule has 114 valence electrons. The molecule has 0 saturated carbocycles. The normalized spacial score (nSPS) is 16.7. The first-order chi connectivity index (χ1) is 11.2. The first-order valence-electron chi connectivity index (χ1n) is 7.61. The minimum atomic E-state index is -0.0841. The second-order valence-electron chi connectivity index (χ2n) is 5.62. The molecule has 2 aromatic rings. The van der Waals surface area contributed by atoms with Gasteiger partial charge in [0.2, 0.25) is 0 Å². The molecule has 0 aliphatic heterocycles. The summed E-state index contributed by atoms with van der Waals surface area (Å²) in [7, 11) is 0. The molecule has 0 fully saturated rings. The van der Waals surface area contributed by atoms with Crippen LogP contribution in [0.25, 0.3) is 5.57 Å². The number of allylic oxidation sites excluding steroid dienone is 2. The Labute approximate surface area is 140 Å². The highest BCUT2D eigenvalue weighted by molar-refractivity contribution is 7.98. The van der Waals surface area contributed by atoms with Crippen LogP contribution < -0.4 is 0 Å². The predicted molar refractivity (Wildman–Crippen MR) is 94.4 cm³/mol. The van der Waals surface area contributed by atoms with Crippen molar-refractivity contribution in [2.75, 3.05) is 6.26 Å². The third-order valence-electron chi connectivity index (χ3n) is 4.20. The van der Waals surface area contributed by atoms with Gasteiger partial charge in [-0.1, -0.05) is 30.3 Å². The lowest BCUT2D eigenvalue weighted by Gasteiger charge is -2.06. The fourth-order valence-corrected chi connectivity index (χ4v) is 3.34. The van der Waals surface area contributed by atoms with E-state index in [0.29, 0.717) is 11.1 Å². The lowest BCUT2D eigenvalue weighted by molar-refractivity contribution is 0.0944. The van der Waals surface area contributed by atoms with Crippen LogP contribution in [0.5, 0.6) is 0 Å². The Kier molecular flexibility index (Phi) is 4.64. The molecule has 23 heavy (non-hydrogen) atoms. The highest BCUT2D eigenvalue weighted by Crippen LogP contribution is 2.34. The second-order valence-corrected chi connectivity index (χ2v) is 6.50. The summed E-state index contributed by atoms with van der Waals surface area (Å²) in [4.78, 5) is 13.9. The summed E-state index contributed by atoms with van der Waals surface area (Å²) >= 11 is 1.73. The number of Topliss-reactive ketones (excluding diaryl/α,β-unsaturated/α-hetero) is 1. The van der Waals surface area contributed by atoms with Crippen LogP contribution in [-0.4, -0.2) is 12.0 Å². The number of thioether (sulfide) groups is 1. The van der Waals surface area contributed by atoms with E-state index in [4.69, 9.17) is 5.26 Å². The number of carbonyl (C=O) groups is 1. The van der Waals surface area contributed by atoms with Crippen molar-refractivity contribution in [1.82, 2.24) is 0 Å². The van der Waals surface area contributed by atoms with Gasteiger partial charge in [-0.15, -0.1) is 11.8 Å². The molecule has 1 atom stereocenters. The second kappa shape index (κ2) is 6.85. The first-order valence-corrected chi connectivity index (χ1v) is 8.83. The molecule has 3 heteroatoms. The van der Waals surface area contributed by atoms with Crippen LogP contribution >= 0.6 is 11.8 Å². The maximum atomic E-state index is 12.6. The van der Waals surface area contributed by atoms with E-state index in [1.807, 2.05) is 0 Å². The summed E-state index contributed by atoms with van der Waals surface area (Å²) in [5.41, 5.74) is 3.60. The van der Waals surface area contributed by atoms with E-state index >= 15 is 0 Å². The maximum absolute atomic E-state index is 12.6. The average molecular weight is 319 g/mol. The molecule has 1 aliphatic rings. The van der Waals surface area contributed by atoms with E-state index in [-0.39, 0.29) is 11.7 Å². The zero-order valence-corrected chi connectivity index (χ0v) is 13.8. The SMILES string of the molecule is CSc1ccc(C2=CC(C(=O)c3cccc(C#N)c3)CC2)cc1. The smallest absolute Gasteiger partial charge is 0.169 e. The van der Waals surface area contributed by atoms with Crippen molar-refractivity contribution < 1.29 is 4.79 Å². The molecular weight excluding hydrogens is 302 g/mol.